The zero-order chi connectivity index (χ0) is 16.4. The molecule has 6 heteroatoms. The Bertz CT molecular complexity index is 987. The summed E-state index contributed by atoms with van der Waals surface area (Å²) < 4.78 is 1.53. The lowest BCUT2D eigenvalue weighted by Crippen LogP contribution is -2.25. The van der Waals surface area contributed by atoms with Crippen molar-refractivity contribution in [3.05, 3.63) is 78.2 Å². The number of aromatic nitrogens is 4. The van der Waals surface area contributed by atoms with Gasteiger partial charge in [0, 0.05) is 23.6 Å². The largest absolute Gasteiger partial charge is 0.361 e. The van der Waals surface area contributed by atoms with Crippen molar-refractivity contribution in [2.45, 2.75) is 6.54 Å². The molecular formula is C18H15N5O. The number of benzene rings is 2. The maximum atomic E-state index is 12.5. The number of H-pyrrole nitrogens is 1. The highest BCUT2D eigenvalue weighted by molar-refractivity contribution is 5.93. The van der Waals surface area contributed by atoms with Crippen LogP contribution in [0.2, 0.25) is 0 Å². The fourth-order valence-corrected chi connectivity index (χ4v) is 2.72. The molecule has 0 fully saturated rings. The molecule has 0 aliphatic rings. The van der Waals surface area contributed by atoms with Crippen molar-refractivity contribution in [3.63, 3.8) is 0 Å². The van der Waals surface area contributed by atoms with Gasteiger partial charge in [-0.1, -0.05) is 35.5 Å². The van der Waals surface area contributed by atoms with Gasteiger partial charge in [0.05, 0.1) is 11.9 Å². The number of nitrogens with zero attached hydrogens (tertiary/aromatic N) is 3. The third-order valence-electron chi connectivity index (χ3n) is 3.91. The second-order valence-corrected chi connectivity index (χ2v) is 5.41. The minimum atomic E-state index is -0.212. The maximum Gasteiger partial charge on any atom is 0.271 e. The number of carbonyl (C=O) groups excluding carboxylic acids is 1. The zero-order valence-corrected chi connectivity index (χ0v) is 12.8. The third kappa shape index (κ3) is 2.54. The lowest BCUT2D eigenvalue weighted by molar-refractivity contribution is 0.0943. The Balaban J connectivity index is 1.56. The summed E-state index contributed by atoms with van der Waals surface area (Å²) in [6, 6.07) is 17.5. The monoisotopic (exact) mass is 317 g/mol. The summed E-state index contributed by atoms with van der Waals surface area (Å²) >= 11 is 0. The summed E-state index contributed by atoms with van der Waals surface area (Å²) in [5.74, 6) is -0.212. The number of para-hydroxylation sites is 1. The summed E-state index contributed by atoms with van der Waals surface area (Å²) in [6.07, 6.45) is 3.36. The summed E-state index contributed by atoms with van der Waals surface area (Å²) in [7, 11) is 0. The first-order chi connectivity index (χ1) is 11.8. The molecule has 0 aliphatic carbocycles. The van der Waals surface area contributed by atoms with Crippen LogP contribution in [0.4, 0.5) is 0 Å². The van der Waals surface area contributed by atoms with E-state index in [1.807, 2.05) is 60.8 Å². The Kier molecular flexibility index (Phi) is 3.55. The second-order valence-electron chi connectivity index (χ2n) is 5.41. The molecule has 2 aromatic carbocycles. The molecule has 0 bridgehead atoms. The first kappa shape index (κ1) is 14.2. The van der Waals surface area contributed by atoms with E-state index in [1.165, 1.54) is 10.9 Å². The Hall–Kier alpha value is -3.41. The van der Waals surface area contributed by atoms with E-state index in [0.29, 0.717) is 12.2 Å². The van der Waals surface area contributed by atoms with E-state index < -0.39 is 0 Å². The van der Waals surface area contributed by atoms with E-state index in [0.717, 1.165) is 22.2 Å². The quantitative estimate of drug-likeness (QED) is 0.607. The zero-order valence-electron chi connectivity index (χ0n) is 12.8. The minimum absolute atomic E-state index is 0.212. The molecule has 0 spiro atoms. The van der Waals surface area contributed by atoms with Gasteiger partial charge in [-0.15, -0.1) is 5.10 Å². The van der Waals surface area contributed by atoms with Crippen LogP contribution in [-0.4, -0.2) is 25.9 Å². The van der Waals surface area contributed by atoms with Gasteiger partial charge in [-0.3, -0.25) is 4.79 Å². The predicted molar refractivity (Wildman–Crippen MR) is 90.8 cm³/mol. The number of carbonyl (C=O) groups is 1. The normalized spacial score (nSPS) is 10.8. The van der Waals surface area contributed by atoms with E-state index in [-0.39, 0.29) is 5.91 Å². The van der Waals surface area contributed by atoms with E-state index in [4.69, 9.17) is 0 Å². The molecule has 24 heavy (non-hydrogen) atoms. The molecule has 0 atom stereocenters. The molecule has 0 radical (unpaired) electrons. The first-order valence-electron chi connectivity index (χ1n) is 7.62. The molecule has 2 heterocycles. The van der Waals surface area contributed by atoms with Crippen molar-refractivity contribution in [1.82, 2.24) is 25.3 Å². The van der Waals surface area contributed by atoms with Crippen molar-refractivity contribution < 1.29 is 4.79 Å². The fraction of sp³-hybridized carbons (Fsp3) is 0.0556. The maximum absolute atomic E-state index is 12.5. The van der Waals surface area contributed by atoms with Crippen molar-refractivity contribution in [3.8, 4) is 5.69 Å². The Morgan fingerprint density at radius 1 is 1.08 bits per heavy atom. The van der Waals surface area contributed by atoms with E-state index >= 15 is 0 Å². The van der Waals surface area contributed by atoms with Gasteiger partial charge in [-0.25, -0.2) is 4.68 Å². The molecule has 2 aromatic heterocycles. The van der Waals surface area contributed by atoms with E-state index in [1.54, 1.807) is 0 Å². The highest BCUT2D eigenvalue weighted by Gasteiger charge is 2.14. The van der Waals surface area contributed by atoms with Gasteiger partial charge in [0.1, 0.15) is 0 Å². The smallest absolute Gasteiger partial charge is 0.271 e. The molecule has 2 N–H and O–H groups in total. The van der Waals surface area contributed by atoms with Crippen LogP contribution in [0.15, 0.2) is 67.0 Å². The number of fused-ring (bicyclic) bond motifs is 1. The molecule has 4 aromatic rings. The molecule has 4 rings (SSSR count). The van der Waals surface area contributed by atoms with E-state index in [2.05, 4.69) is 20.6 Å². The van der Waals surface area contributed by atoms with Crippen LogP contribution in [-0.2, 0) is 6.54 Å². The predicted octanol–water partition coefficient (Wildman–Crippen LogP) is 2.68. The van der Waals surface area contributed by atoms with Crippen LogP contribution in [0.1, 0.15) is 16.1 Å². The van der Waals surface area contributed by atoms with Crippen molar-refractivity contribution in [2.75, 3.05) is 0 Å². The summed E-state index contributed by atoms with van der Waals surface area (Å²) in [5, 5.41) is 11.9. The van der Waals surface area contributed by atoms with Gasteiger partial charge in [-0.05, 0) is 29.8 Å². The number of amides is 1. The van der Waals surface area contributed by atoms with Gasteiger partial charge in [0.2, 0.25) is 0 Å². The molecule has 0 aliphatic heterocycles. The number of hydrogen-bond donors (Lipinski definition) is 2. The summed E-state index contributed by atoms with van der Waals surface area (Å²) in [5.41, 5.74) is 3.31. The average molecular weight is 317 g/mol. The Labute approximate surface area is 138 Å². The molecule has 0 saturated carbocycles. The van der Waals surface area contributed by atoms with Crippen LogP contribution in [0.25, 0.3) is 16.6 Å². The molecule has 1 amide bonds. The van der Waals surface area contributed by atoms with Crippen LogP contribution >= 0.6 is 0 Å². The van der Waals surface area contributed by atoms with Crippen LogP contribution in [0.5, 0.6) is 0 Å². The summed E-state index contributed by atoms with van der Waals surface area (Å²) in [4.78, 5) is 15.7. The number of aromatic amines is 1. The first-order valence-corrected chi connectivity index (χ1v) is 7.62. The van der Waals surface area contributed by atoms with E-state index in [9.17, 15) is 4.79 Å². The molecular weight excluding hydrogens is 302 g/mol. The van der Waals surface area contributed by atoms with Crippen molar-refractivity contribution >= 4 is 16.8 Å². The molecule has 6 nitrogen and oxygen atoms in total. The lowest BCUT2D eigenvalue weighted by Gasteiger charge is -2.08. The standard InChI is InChI=1S/C18H15N5O/c24-18(17-12-21-22-23(17)14-6-2-1-3-7-14)20-11-13-5-4-8-16-15(13)9-10-19-16/h1-10,12,19H,11H2,(H,20,24). The third-order valence-corrected chi connectivity index (χ3v) is 3.91. The van der Waals surface area contributed by atoms with Crippen LogP contribution in [0.3, 0.4) is 0 Å². The van der Waals surface area contributed by atoms with Gasteiger partial charge in [0.15, 0.2) is 5.69 Å². The van der Waals surface area contributed by atoms with Crippen LogP contribution in [0, 0.1) is 0 Å². The highest BCUT2D eigenvalue weighted by atomic mass is 16.2. The van der Waals surface area contributed by atoms with Gasteiger partial charge in [0.25, 0.3) is 5.91 Å². The second kappa shape index (κ2) is 6.00. The molecule has 0 unspecified atom stereocenters. The minimum Gasteiger partial charge on any atom is -0.361 e. The van der Waals surface area contributed by atoms with Gasteiger partial charge in [-0.2, -0.15) is 0 Å². The number of rotatable bonds is 4. The Morgan fingerprint density at radius 3 is 2.83 bits per heavy atom. The lowest BCUT2D eigenvalue weighted by atomic mass is 10.1. The highest BCUT2D eigenvalue weighted by Crippen LogP contribution is 2.17. The average Bonchev–Trinajstić information content (AvgIpc) is 3.29. The number of hydrogen-bond acceptors (Lipinski definition) is 3. The molecule has 0 saturated heterocycles. The van der Waals surface area contributed by atoms with Gasteiger partial charge >= 0.3 is 0 Å². The molecule has 118 valence electrons. The Morgan fingerprint density at radius 2 is 1.96 bits per heavy atom. The van der Waals surface area contributed by atoms with Crippen LogP contribution < -0.4 is 5.32 Å². The topological polar surface area (TPSA) is 75.6 Å². The van der Waals surface area contributed by atoms with Crippen molar-refractivity contribution in [2.24, 2.45) is 0 Å². The SMILES string of the molecule is O=C(NCc1cccc2[nH]ccc12)c1cnnn1-c1ccccc1. The van der Waals surface area contributed by atoms with Crippen molar-refractivity contribution in [1.29, 1.82) is 0 Å². The fourth-order valence-electron chi connectivity index (χ4n) is 2.72. The van der Waals surface area contributed by atoms with Gasteiger partial charge < -0.3 is 10.3 Å². The number of nitrogens with one attached hydrogen (secondary N) is 2. The summed E-state index contributed by atoms with van der Waals surface area (Å²) in [6.45, 7) is 0.438.